The lowest BCUT2D eigenvalue weighted by Crippen LogP contribution is -2.16. The van der Waals surface area contributed by atoms with Gasteiger partial charge in [-0.25, -0.2) is 30.0 Å². The molecule has 2 N–H and O–H groups in total. The molecule has 164 valence electrons. The van der Waals surface area contributed by atoms with Crippen LogP contribution in [0.25, 0.3) is 0 Å². The Hall–Kier alpha value is -3.25. The molecule has 0 amide bonds. The molecule has 0 aliphatic carbocycles. The van der Waals surface area contributed by atoms with Gasteiger partial charge in [0.25, 0.3) is 20.0 Å². The third kappa shape index (κ3) is 5.09. The zero-order chi connectivity index (χ0) is 22.8. The van der Waals surface area contributed by atoms with Crippen molar-refractivity contribution in [1.29, 1.82) is 0 Å². The van der Waals surface area contributed by atoms with Gasteiger partial charge in [0, 0.05) is 0 Å². The van der Waals surface area contributed by atoms with Crippen molar-refractivity contribution in [1.82, 2.24) is 0 Å². The molecule has 0 bridgehead atoms. The monoisotopic (exact) mass is 472 g/mol. The summed E-state index contributed by atoms with van der Waals surface area (Å²) in [6, 6.07) is 9.83. The highest BCUT2D eigenvalue weighted by Gasteiger charge is 2.20. The molecule has 0 unspecified atom stereocenters. The van der Waals surface area contributed by atoms with Crippen LogP contribution in [0.3, 0.4) is 0 Å². The number of rotatable bonds is 7. The number of hydrogen-bond acceptors (Lipinski definition) is 5. The van der Waals surface area contributed by atoms with Crippen LogP contribution in [-0.4, -0.2) is 23.9 Å². The minimum absolute atomic E-state index is 0.0708. The van der Waals surface area contributed by atoms with Crippen molar-refractivity contribution in [2.45, 2.75) is 9.79 Å². The van der Waals surface area contributed by atoms with E-state index in [1.54, 1.807) is 0 Å². The molecule has 0 heterocycles. The van der Waals surface area contributed by atoms with Crippen LogP contribution in [0.2, 0.25) is 0 Å². The molecular weight excluding hydrogens is 457 g/mol. The normalized spacial score (nSPS) is 11.7. The van der Waals surface area contributed by atoms with E-state index in [1.807, 2.05) is 0 Å². The largest absolute Gasteiger partial charge is 0.495 e. The minimum Gasteiger partial charge on any atom is -0.495 e. The number of hydrogen-bond donors (Lipinski definition) is 2. The van der Waals surface area contributed by atoms with Gasteiger partial charge >= 0.3 is 0 Å². The third-order valence-electron chi connectivity index (χ3n) is 4.02. The molecule has 0 spiro atoms. The predicted molar refractivity (Wildman–Crippen MR) is 107 cm³/mol. The first-order valence-electron chi connectivity index (χ1n) is 8.46. The summed E-state index contributed by atoms with van der Waals surface area (Å²) in [5.41, 5.74) is -0.195. The fraction of sp³-hybridized carbons (Fsp3) is 0.0526. The van der Waals surface area contributed by atoms with Gasteiger partial charge in [-0.15, -0.1) is 0 Å². The highest BCUT2D eigenvalue weighted by Crippen LogP contribution is 2.31. The van der Waals surface area contributed by atoms with Crippen molar-refractivity contribution in [2.24, 2.45) is 0 Å². The van der Waals surface area contributed by atoms with Gasteiger partial charge in [-0.1, -0.05) is 0 Å². The Kier molecular flexibility index (Phi) is 6.13. The first kappa shape index (κ1) is 22.4. The van der Waals surface area contributed by atoms with Crippen molar-refractivity contribution in [3.8, 4) is 5.75 Å². The van der Waals surface area contributed by atoms with Gasteiger partial charge in [0.05, 0.1) is 28.3 Å². The fourth-order valence-corrected chi connectivity index (χ4v) is 4.65. The van der Waals surface area contributed by atoms with Crippen LogP contribution < -0.4 is 14.2 Å². The average molecular weight is 472 g/mol. The van der Waals surface area contributed by atoms with Gasteiger partial charge < -0.3 is 4.74 Å². The Balaban J connectivity index is 1.93. The van der Waals surface area contributed by atoms with E-state index in [4.69, 9.17) is 4.74 Å². The van der Waals surface area contributed by atoms with Crippen molar-refractivity contribution < 1.29 is 34.7 Å². The van der Waals surface area contributed by atoms with Crippen LogP contribution >= 0.6 is 0 Å². The number of sulfonamides is 2. The molecule has 3 rings (SSSR count). The molecule has 0 aromatic heterocycles. The van der Waals surface area contributed by atoms with Gasteiger partial charge in [-0.05, 0) is 60.7 Å². The number of nitrogens with one attached hydrogen (secondary N) is 2. The van der Waals surface area contributed by atoms with E-state index < -0.39 is 42.4 Å². The van der Waals surface area contributed by atoms with E-state index >= 15 is 0 Å². The number of benzene rings is 3. The molecule has 12 heteroatoms. The molecule has 0 saturated carbocycles. The van der Waals surface area contributed by atoms with Crippen molar-refractivity contribution in [3.05, 3.63) is 78.1 Å². The van der Waals surface area contributed by atoms with Crippen molar-refractivity contribution in [2.75, 3.05) is 16.6 Å². The molecular formula is C19H15F3N2O5S2. The van der Waals surface area contributed by atoms with E-state index in [2.05, 4.69) is 9.44 Å². The lowest BCUT2D eigenvalue weighted by molar-refractivity contribution is 0.417. The highest BCUT2D eigenvalue weighted by molar-refractivity contribution is 7.93. The summed E-state index contributed by atoms with van der Waals surface area (Å²) >= 11 is 0. The van der Waals surface area contributed by atoms with Crippen LogP contribution in [0, 0.1) is 17.5 Å². The van der Waals surface area contributed by atoms with E-state index in [1.165, 1.54) is 19.2 Å². The molecule has 0 fully saturated rings. The van der Waals surface area contributed by atoms with E-state index in [-0.39, 0.29) is 22.0 Å². The van der Waals surface area contributed by atoms with Crippen molar-refractivity contribution >= 4 is 31.4 Å². The predicted octanol–water partition coefficient (Wildman–Crippen LogP) is 3.71. The quantitative estimate of drug-likeness (QED) is 0.546. The summed E-state index contributed by atoms with van der Waals surface area (Å²) in [6.07, 6.45) is 0. The molecule has 3 aromatic rings. The Morgan fingerprint density at radius 2 is 1.32 bits per heavy atom. The van der Waals surface area contributed by atoms with Gasteiger partial charge in [0.1, 0.15) is 11.6 Å². The van der Waals surface area contributed by atoms with Crippen molar-refractivity contribution in [3.63, 3.8) is 0 Å². The smallest absolute Gasteiger partial charge is 0.262 e. The molecule has 31 heavy (non-hydrogen) atoms. The summed E-state index contributed by atoms with van der Waals surface area (Å²) in [7, 11) is -7.18. The summed E-state index contributed by atoms with van der Waals surface area (Å²) < 4.78 is 99.1. The zero-order valence-corrected chi connectivity index (χ0v) is 17.4. The van der Waals surface area contributed by atoms with Crippen LogP contribution in [0.15, 0.2) is 70.5 Å². The summed E-state index contributed by atoms with van der Waals surface area (Å²) in [5, 5.41) is 0. The molecule has 0 saturated heterocycles. The second kappa shape index (κ2) is 8.47. The maximum absolute atomic E-state index is 13.4. The molecule has 0 radical (unpaired) electrons. The number of anilines is 2. The van der Waals surface area contributed by atoms with Crippen LogP contribution in [0.1, 0.15) is 0 Å². The highest BCUT2D eigenvalue weighted by atomic mass is 32.2. The summed E-state index contributed by atoms with van der Waals surface area (Å²) in [6.45, 7) is 0. The zero-order valence-electron chi connectivity index (χ0n) is 15.8. The first-order valence-corrected chi connectivity index (χ1v) is 11.4. The second-order valence-electron chi connectivity index (χ2n) is 6.16. The fourth-order valence-electron chi connectivity index (χ4n) is 2.53. The topological polar surface area (TPSA) is 102 Å². The standard InChI is InChI=1S/C19H15F3N2O5S2/c1-29-19-9-4-13(23-31(27,28)15-7-8-16(21)17(22)11-15)10-18(19)24-30(25,26)14-5-2-12(20)3-6-14/h2-11,23-24H,1H3. The molecule has 0 aliphatic heterocycles. The number of ether oxygens (including phenoxy) is 1. The van der Waals surface area contributed by atoms with Crippen LogP contribution in [0.4, 0.5) is 24.5 Å². The SMILES string of the molecule is COc1ccc(NS(=O)(=O)c2ccc(F)c(F)c2)cc1NS(=O)(=O)c1ccc(F)cc1. The van der Waals surface area contributed by atoms with E-state index in [0.717, 1.165) is 36.4 Å². The van der Waals surface area contributed by atoms with Crippen LogP contribution in [0.5, 0.6) is 5.75 Å². The number of methoxy groups -OCH3 is 1. The third-order valence-corrected chi connectivity index (χ3v) is 6.78. The molecule has 3 aromatic carbocycles. The lowest BCUT2D eigenvalue weighted by atomic mass is 10.2. The summed E-state index contributed by atoms with van der Waals surface area (Å²) in [5.74, 6) is -3.10. The average Bonchev–Trinajstić information content (AvgIpc) is 2.70. The lowest BCUT2D eigenvalue weighted by Gasteiger charge is -2.15. The summed E-state index contributed by atoms with van der Waals surface area (Å²) in [4.78, 5) is -0.764. The van der Waals surface area contributed by atoms with Gasteiger partial charge in [0.15, 0.2) is 11.6 Å². The van der Waals surface area contributed by atoms with Gasteiger partial charge in [0.2, 0.25) is 0 Å². The van der Waals surface area contributed by atoms with Gasteiger partial charge in [-0.2, -0.15) is 0 Å². The molecule has 0 aliphatic rings. The molecule has 7 nitrogen and oxygen atoms in total. The van der Waals surface area contributed by atoms with Gasteiger partial charge in [-0.3, -0.25) is 9.44 Å². The molecule has 0 atom stereocenters. The Bertz CT molecular complexity index is 1330. The Labute approximate surface area is 176 Å². The van der Waals surface area contributed by atoms with E-state index in [0.29, 0.717) is 12.1 Å². The first-order chi connectivity index (χ1) is 14.5. The minimum atomic E-state index is -4.31. The maximum Gasteiger partial charge on any atom is 0.262 e. The van der Waals surface area contributed by atoms with E-state index in [9.17, 15) is 30.0 Å². The van der Waals surface area contributed by atoms with Crippen LogP contribution in [-0.2, 0) is 20.0 Å². The number of halogens is 3. The maximum atomic E-state index is 13.4. The second-order valence-corrected chi connectivity index (χ2v) is 9.52. The Morgan fingerprint density at radius 1 is 0.710 bits per heavy atom. The Morgan fingerprint density at radius 3 is 1.94 bits per heavy atom.